The first-order chi connectivity index (χ1) is 10.1. The van der Waals surface area contributed by atoms with Gasteiger partial charge < -0.3 is 14.5 Å². The Morgan fingerprint density at radius 1 is 1.38 bits per heavy atom. The Morgan fingerprint density at radius 3 is 2.86 bits per heavy atom. The summed E-state index contributed by atoms with van der Waals surface area (Å²) in [5.41, 5.74) is 0. The Labute approximate surface area is 137 Å². The summed E-state index contributed by atoms with van der Waals surface area (Å²) < 4.78 is 6.17. The van der Waals surface area contributed by atoms with E-state index in [1.54, 1.807) is 6.20 Å². The molecule has 1 aromatic heterocycles. The molecule has 0 N–H and O–H groups in total. The van der Waals surface area contributed by atoms with Gasteiger partial charge in [-0.1, -0.05) is 11.6 Å². The molecule has 2 fully saturated rings. The van der Waals surface area contributed by atoms with Gasteiger partial charge in [0.15, 0.2) is 0 Å². The lowest BCUT2D eigenvalue weighted by Gasteiger charge is -2.29. The number of rotatable bonds is 2. The third-order valence-corrected chi connectivity index (χ3v) is 4.74. The normalized spacial score (nSPS) is 22.7. The quantitative estimate of drug-likeness (QED) is 0.796. The fourth-order valence-electron chi connectivity index (χ4n) is 2.84. The van der Waals surface area contributed by atoms with Gasteiger partial charge in [-0.2, -0.15) is 0 Å². The van der Waals surface area contributed by atoms with Crippen LogP contribution in [0.2, 0.25) is 5.02 Å². The highest BCUT2D eigenvalue weighted by molar-refractivity contribution is 9.10. The molecule has 2 aliphatic rings. The van der Waals surface area contributed by atoms with Crippen LogP contribution in [0.5, 0.6) is 0 Å². The highest BCUT2D eigenvalue weighted by Gasteiger charge is 2.33. The first-order valence-corrected chi connectivity index (χ1v) is 8.25. The Bertz CT molecular complexity index is 537. The number of hydrogen-bond acceptors (Lipinski definition) is 4. The minimum Gasteiger partial charge on any atom is -0.378 e. The van der Waals surface area contributed by atoms with Crippen molar-refractivity contribution in [2.45, 2.75) is 6.42 Å². The zero-order chi connectivity index (χ0) is 14.8. The van der Waals surface area contributed by atoms with Gasteiger partial charge in [-0.3, -0.25) is 4.79 Å². The van der Waals surface area contributed by atoms with Gasteiger partial charge in [0.25, 0.3) is 0 Å². The summed E-state index contributed by atoms with van der Waals surface area (Å²) in [6.07, 6.45) is 2.51. The van der Waals surface area contributed by atoms with Crippen LogP contribution in [0.15, 0.2) is 16.7 Å². The van der Waals surface area contributed by atoms with Crippen LogP contribution in [0, 0.1) is 5.92 Å². The van der Waals surface area contributed by atoms with Gasteiger partial charge in [-0.05, 0) is 28.4 Å². The summed E-state index contributed by atoms with van der Waals surface area (Å²) in [4.78, 5) is 20.9. The van der Waals surface area contributed by atoms with Crippen molar-refractivity contribution < 1.29 is 9.53 Å². The number of amides is 1. The highest BCUT2D eigenvalue weighted by Crippen LogP contribution is 2.31. The number of carbonyl (C=O) groups is 1. The average molecular weight is 375 g/mol. The molecule has 2 saturated heterocycles. The molecule has 3 rings (SSSR count). The van der Waals surface area contributed by atoms with E-state index in [-0.39, 0.29) is 11.8 Å². The van der Waals surface area contributed by atoms with Gasteiger partial charge in [0.1, 0.15) is 5.82 Å². The molecule has 21 heavy (non-hydrogen) atoms. The van der Waals surface area contributed by atoms with Crippen LogP contribution < -0.4 is 4.90 Å². The smallest absolute Gasteiger partial charge is 0.227 e. The second kappa shape index (κ2) is 6.50. The summed E-state index contributed by atoms with van der Waals surface area (Å²) >= 11 is 9.41. The molecular weight excluding hydrogens is 358 g/mol. The van der Waals surface area contributed by atoms with Crippen LogP contribution in [0.25, 0.3) is 0 Å². The van der Waals surface area contributed by atoms with Gasteiger partial charge in [-0.15, -0.1) is 0 Å². The number of anilines is 1. The van der Waals surface area contributed by atoms with Gasteiger partial charge in [0, 0.05) is 32.4 Å². The second-order valence-corrected chi connectivity index (χ2v) is 6.62. The Hall–Kier alpha value is -0.850. The first-order valence-electron chi connectivity index (χ1n) is 7.07. The molecule has 0 spiro atoms. The van der Waals surface area contributed by atoms with Gasteiger partial charge >= 0.3 is 0 Å². The van der Waals surface area contributed by atoms with Crippen molar-refractivity contribution in [3.63, 3.8) is 0 Å². The lowest BCUT2D eigenvalue weighted by molar-refractivity contribution is -0.138. The molecule has 5 nitrogen and oxygen atoms in total. The van der Waals surface area contributed by atoms with Crippen molar-refractivity contribution in [1.82, 2.24) is 9.88 Å². The predicted octanol–water partition coefficient (Wildman–Crippen LogP) is 2.18. The molecule has 114 valence electrons. The van der Waals surface area contributed by atoms with E-state index in [2.05, 4.69) is 25.8 Å². The largest absolute Gasteiger partial charge is 0.378 e. The third-order valence-electron chi connectivity index (χ3n) is 3.95. The number of halogens is 2. The topological polar surface area (TPSA) is 45.7 Å². The Kier molecular flexibility index (Phi) is 4.66. The van der Waals surface area contributed by atoms with Crippen LogP contribution in [0.1, 0.15) is 6.42 Å². The van der Waals surface area contributed by atoms with Crippen LogP contribution in [0.4, 0.5) is 5.82 Å². The number of ether oxygens (including phenoxy) is 1. The number of morpholine rings is 1. The molecule has 1 atom stereocenters. The summed E-state index contributed by atoms with van der Waals surface area (Å²) in [7, 11) is 0. The zero-order valence-electron chi connectivity index (χ0n) is 11.6. The van der Waals surface area contributed by atoms with Gasteiger partial charge in [-0.25, -0.2) is 4.98 Å². The number of carbonyl (C=O) groups excluding carboxylic acids is 1. The number of aromatic nitrogens is 1. The lowest BCUT2D eigenvalue weighted by atomic mass is 10.1. The lowest BCUT2D eigenvalue weighted by Crippen LogP contribution is -2.44. The van der Waals surface area contributed by atoms with Crippen molar-refractivity contribution in [1.29, 1.82) is 0 Å². The Balaban J connectivity index is 1.66. The average Bonchev–Trinajstić information content (AvgIpc) is 2.97. The van der Waals surface area contributed by atoms with E-state index in [9.17, 15) is 4.79 Å². The third kappa shape index (κ3) is 3.33. The molecule has 0 bridgehead atoms. The summed E-state index contributed by atoms with van der Waals surface area (Å²) in [6, 6.07) is 1.83. The molecular formula is C14H17BrClN3O2. The molecule has 1 amide bonds. The van der Waals surface area contributed by atoms with Crippen molar-refractivity contribution in [2.24, 2.45) is 5.92 Å². The number of nitrogens with zero attached hydrogens (tertiary/aromatic N) is 3. The Morgan fingerprint density at radius 2 is 2.14 bits per heavy atom. The van der Waals surface area contributed by atoms with E-state index >= 15 is 0 Å². The van der Waals surface area contributed by atoms with Crippen molar-refractivity contribution >= 4 is 39.3 Å². The van der Waals surface area contributed by atoms with Crippen LogP contribution >= 0.6 is 27.5 Å². The van der Waals surface area contributed by atoms with E-state index in [0.717, 1.165) is 23.3 Å². The monoisotopic (exact) mass is 373 g/mol. The molecule has 3 heterocycles. The molecule has 0 radical (unpaired) electrons. The molecule has 2 aliphatic heterocycles. The van der Waals surface area contributed by atoms with Crippen LogP contribution in [-0.2, 0) is 9.53 Å². The van der Waals surface area contributed by atoms with Crippen LogP contribution in [-0.4, -0.2) is 55.2 Å². The highest BCUT2D eigenvalue weighted by atomic mass is 79.9. The van der Waals surface area contributed by atoms with Gasteiger partial charge in [0.05, 0.1) is 28.6 Å². The molecule has 0 aliphatic carbocycles. The maximum Gasteiger partial charge on any atom is 0.227 e. The summed E-state index contributed by atoms with van der Waals surface area (Å²) in [6.45, 7) is 4.26. The maximum atomic E-state index is 12.5. The summed E-state index contributed by atoms with van der Waals surface area (Å²) in [5, 5.41) is 0.603. The zero-order valence-corrected chi connectivity index (χ0v) is 13.9. The van der Waals surface area contributed by atoms with E-state index in [1.165, 1.54) is 0 Å². The minimum atomic E-state index is 0.0486. The fraction of sp³-hybridized carbons (Fsp3) is 0.571. The fourth-order valence-corrected chi connectivity index (χ4v) is 3.73. The molecule has 0 aromatic carbocycles. The maximum absolute atomic E-state index is 12.5. The SMILES string of the molecule is O=C(C1CCN(c2ncc(Cl)cc2Br)C1)N1CCOCC1. The van der Waals surface area contributed by atoms with E-state index in [0.29, 0.717) is 37.9 Å². The standard InChI is InChI=1S/C14H17BrClN3O2/c15-12-7-11(16)8-17-13(12)19-2-1-10(9-19)14(20)18-3-5-21-6-4-18/h7-8,10H,1-6,9H2. The molecule has 1 aromatic rings. The number of hydrogen-bond donors (Lipinski definition) is 0. The predicted molar refractivity (Wildman–Crippen MR) is 84.7 cm³/mol. The van der Waals surface area contributed by atoms with Crippen molar-refractivity contribution in [3.8, 4) is 0 Å². The van der Waals surface area contributed by atoms with E-state index < -0.39 is 0 Å². The second-order valence-electron chi connectivity index (χ2n) is 5.33. The molecule has 0 saturated carbocycles. The molecule has 1 unspecified atom stereocenters. The van der Waals surface area contributed by atoms with Crippen molar-refractivity contribution in [2.75, 3.05) is 44.3 Å². The van der Waals surface area contributed by atoms with Gasteiger partial charge in [0.2, 0.25) is 5.91 Å². The van der Waals surface area contributed by atoms with Crippen molar-refractivity contribution in [3.05, 3.63) is 21.8 Å². The minimum absolute atomic E-state index is 0.0486. The number of pyridine rings is 1. The van der Waals surface area contributed by atoms with E-state index in [4.69, 9.17) is 16.3 Å². The first kappa shape index (κ1) is 15.1. The van der Waals surface area contributed by atoms with Crippen LogP contribution in [0.3, 0.4) is 0 Å². The molecule has 7 heteroatoms. The van der Waals surface area contributed by atoms with E-state index in [1.807, 2.05) is 11.0 Å². The summed E-state index contributed by atoms with van der Waals surface area (Å²) in [5.74, 6) is 1.15.